The highest BCUT2D eigenvalue weighted by Gasteiger charge is 2.28. The Morgan fingerprint density at radius 1 is 1.42 bits per heavy atom. The molecule has 0 bridgehead atoms. The Balaban J connectivity index is 1.54. The van der Waals surface area contributed by atoms with Crippen LogP contribution >= 0.6 is 0 Å². The lowest BCUT2D eigenvalue weighted by molar-refractivity contribution is 0.0847. The second-order valence-electron chi connectivity index (χ2n) is 6.07. The summed E-state index contributed by atoms with van der Waals surface area (Å²) in [6, 6.07) is 7.64. The van der Waals surface area contributed by atoms with Crippen LogP contribution in [0.1, 0.15) is 47.7 Å². The van der Waals surface area contributed by atoms with Gasteiger partial charge in [-0.05, 0) is 38.8 Å². The van der Waals surface area contributed by atoms with Gasteiger partial charge in [-0.25, -0.2) is 4.98 Å². The Morgan fingerprint density at radius 2 is 2.21 bits per heavy atom. The van der Waals surface area contributed by atoms with Crippen molar-refractivity contribution in [3.05, 3.63) is 47.7 Å². The number of carbonyl (C=O) groups is 1. The number of amides is 1. The maximum Gasteiger partial charge on any atom is 0.273 e. The highest BCUT2D eigenvalue weighted by atomic mass is 16.5. The van der Waals surface area contributed by atoms with E-state index in [1.807, 2.05) is 38.1 Å². The van der Waals surface area contributed by atoms with Gasteiger partial charge in [0.25, 0.3) is 5.91 Å². The molecule has 0 saturated carbocycles. The van der Waals surface area contributed by atoms with Crippen molar-refractivity contribution in [3.8, 4) is 5.75 Å². The van der Waals surface area contributed by atoms with Crippen molar-refractivity contribution >= 4 is 5.91 Å². The topological polar surface area (TPSA) is 73.6 Å². The third-order valence-electron chi connectivity index (χ3n) is 3.93. The molecule has 1 aromatic carbocycles. The van der Waals surface area contributed by atoms with Crippen molar-refractivity contribution in [2.45, 2.75) is 38.8 Å². The van der Waals surface area contributed by atoms with E-state index in [2.05, 4.69) is 10.3 Å². The molecule has 1 fully saturated rings. The van der Waals surface area contributed by atoms with Crippen LogP contribution in [0.15, 0.2) is 35.1 Å². The summed E-state index contributed by atoms with van der Waals surface area (Å²) < 4.78 is 16.6. The molecule has 24 heavy (non-hydrogen) atoms. The van der Waals surface area contributed by atoms with Crippen LogP contribution in [0.4, 0.5) is 0 Å². The van der Waals surface area contributed by atoms with Crippen LogP contribution in [-0.4, -0.2) is 30.1 Å². The van der Waals surface area contributed by atoms with Crippen LogP contribution in [0.3, 0.4) is 0 Å². The van der Waals surface area contributed by atoms with Gasteiger partial charge in [0.2, 0.25) is 0 Å². The highest BCUT2D eigenvalue weighted by Crippen LogP contribution is 2.30. The molecule has 2 atom stereocenters. The average Bonchev–Trinajstić information content (AvgIpc) is 3.25. The minimum Gasteiger partial charge on any atom is -0.491 e. The number of aryl methyl sites for hydroxylation is 1. The van der Waals surface area contributed by atoms with Crippen molar-refractivity contribution in [3.63, 3.8) is 0 Å². The number of rotatable bonds is 6. The van der Waals surface area contributed by atoms with E-state index in [0.29, 0.717) is 24.7 Å². The molecule has 6 heteroatoms. The Labute approximate surface area is 141 Å². The third kappa shape index (κ3) is 3.94. The summed E-state index contributed by atoms with van der Waals surface area (Å²) >= 11 is 0. The number of aromatic nitrogens is 1. The first-order valence-electron chi connectivity index (χ1n) is 8.19. The van der Waals surface area contributed by atoms with Crippen molar-refractivity contribution < 1.29 is 18.7 Å². The van der Waals surface area contributed by atoms with Gasteiger partial charge in [0.05, 0.1) is 6.04 Å². The molecule has 0 radical (unpaired) electrons. The molecule has 128 valence electrons. The maximum atomic E-state index is 12.4. The van der Waals surface area contributed by atoms with Crippen LogP contribution in [0.2, 0.25) is 0 Å². The van der Waals surface area contributed by atoms with Gasteiger partial charge < -0.3 is 19.2 Å². The quantitative estimate of drug-likeness (QED) is 0.881. The third-order valence-corrected chi connectivity index (χ3v) is 3.93. The number of hydrogen-bond acceptors (Lipinski definition) is 5. The standard InChI is InChI=1S/C18H22N2O4/c1-12-5-7-14(8-6-12)23-10-13(2)20-18(21)16-17(24-11-19-16)15-4-3-9-22-15/h5-8,11,13,15H,3-4,9-10H2,1-2H3,(H,20,21)/t13-,15+/m0/s1. The van der Waals surface area contributed by atoms with Crippen molar-refractivity contribution in [2.75, 3.05) is 13.2 Å². The van der Waals surface area contributed by atoms with E-state index in [0.717, 1.165) is 18.6 Å². The lowest BCUT2D eigenvalue weighted by Crippen LogP contribution is -2.37. The van der Waals surface area contributed by atoms with Crippen LogP contribution < -0.4 is 10.1 Å². The molecule has 1 saturated heterocycles. The number of nitrogens with one attached hydrogen (secondary N) is 1. The molecule has 2 aromatic rings. The summed E-state index contributed by atoms with van der Waals surface area (Å²) in [6.07, 6.45) is 2.93. The minimum atomic E-state index is -0.269. The second kappa shape index (κ2) is 7.49. The molecule has 1 aromatic heterocycles. The molecule has 1 amide bonds. The molecular weight excluding hydrogens is 308 g/mol. The van der Waals surface area contributed by atoms with Gasteiger partial charge in [0.15, 0.2) is 17.8 Å². The van der Waals surface area contributed by atoms with Crippen LogP contribution in [-0.2, 0) is 4.74 Å². The fourth-order valence-corrected chi connectivity index (χ4v) is 2.63. The number of benzene rings is 1. The molecule has 2 heterocycles. The molecule has 1 N–H and O–H groups in total. The fraction of sp³-hybridized carbons (Fsp3) is 0.444. The summed E-state index contributed by atoms with van der Waals surface area (Å²) in [4.78, 5) is 16.4. The van der Waals surface area contributed by atoms with E-state index in [9.17, 15) is 4.79 Å². The summed E-state index contributed by atoms with van der Waals surface area (Å²) in [5.74, 6) is 1.02. The van der Waals surface area contributed by atoms with E-state index in [1.165, 1.54) is 12.0 Å². The minimum absolute atomic E-state index is 0.159. The summed E-state index contributed by atoms with van der Waals surface area (Å²) in [5, 5.41) is 2.89. The molecule has 3 rings (SSSR count). The van der Waals surface area contributed by atoms with E-state index >= 15 is 0 Å². The highest BCUT2D eigenvalue weighted by molar-refractivity contribution is 5.93. The first-order chi connectivity index (χ1) is 11.6. The first-order valence-corrected chi connectivity index (χ1v) is 8.19. The SMILES string of the molecule is Cc1ccc(OC[C@H](C)NC(=O)c2ncoc2[C@H]2CCCO2)cc1. The Kier molecular flexibility index (Phi) is 5.15. The zero-order valence-electron chi connectivity index (χ0n) is 14.0. The number of nitrogens with zero attached hydrogens (tertiary/aromatic N) is 1. The largest absolute Gasteiger partial charge is 0.491 e. The summed E-state index contributed by atoms with van der Waals surface area (Å²) in [5.41, 5.74) is 1.47. The zero-order chi connectivity index (χ0) is 16.9. The predicted molar refractivity (Wildman–Crippen MR) is 88.0 cm³/mol. The van der Waals surface area contributed by atoms with Crippen molar-refractivity contribution in [1.29, 1.82) is 0 Å². The molecular formula is C18H22N2O4. The Bertz CT molecular complexity index is 675. The average molecular weight is 330 g/mol. The van der Waals surface area contributed by atoms with E-state index in [1.54, 1.807) is 0 Å². The van der Waals surface area contributed by atoms with Gasteiger partial charge in [-0.3, -0.25) is 4.79 Å². The monoisotopic (exact) mass is 330 g/mol. The number of carbonyl (C=O) groups excluding carboxylic acids is 1. The van der Waals surface area contributed by atoms with Gasteiger partial charge in [0, 0.05) is 6.61 Å². The summed E-state index contributed by atoms with van der Waals surface area (Å²) in [6.45, 7) is 4.98. The summed E-state index contributed by atoms with van der Waals surface area (Å²) in [7, 11) is 0. The number of ether oxygens (including phenoxy) is 2. The fourth-order valence-electron chi connectivity index (χ4n) is 2.63. The van der Waals surface area contributed by atoms with Gasteiger partial charge >= 0.3 is 0 Å². The number of hydrogen-bond donors (Lipinski definition) is 1. The molecule has 6 nitrogen and oxygen atoms in total. The molecule has 1 aliphatic rings. The van der Waals surface area contributed by atoms with Crippen LogP contribution in [0.25, 0.3) is 0 Å². The van der Waals surface area contributed by atoms with Gasteiger partial charge in [0.1, 0.15) is 18.5 Å². The molecule has 0 aliphatic carbocycles. The normalized spacial score (nSPS) is 18.3. The second-order valence-corrected chi connectivity index (χ2v) is 6.07. The van der Waals surface area contributed by atoms with Gasteiger partial charge in [-0.1, -0.05) is 17.7 Å². The van der Waals surface area contributed by atoms with E-state index in [4.69, 9.17) is 13.9 Å². The van der Waals surface area contributed by atoms with Crippen LogP contribution in [0, 0.1) is 6.92 Å². The zero-order valence-corrected chi connectivity index (χ0v) is 14.0. The number of oxazole rings is 1. The Morgan fingerprint density at radius 3 is 2.92 bits per heavy atom. The van der Waals surface area contributed by atoms with Gasteiger partial charge in [-0.15, -0.1) is 0 Å². The Hall–Kier alpha value is -2.34. The van der Waals surface area contributed by atoms with E-state index in [-0.39, 0.29) is 18.1 Å². The lowest BCUT2D eigenvalue weighted by Gasteiger charge is -2.15. The van der Waals surface area contributed by atoms with Gasteiger partial charge in [-0.2, -0.15) is 0 Å². The van der Waals surface area contributed by atoms with Crippen molar-refractivity contribution in [1.82, 2.24) is 10.3 Å². The molecule has 0 unspecified atom stereocenters. The molecule has 0 spiro atoms. The first kappa shape index (κ1) is 16.5. The van der Waals surface area contributed by atoms with Crippen molar-refractivity contribution in [2.24, 2.45) is 0 Å². The molecule has 1 aliphatic heterocycles. The maximum absolute atomic E-state index is 12.4. The predicted octanol–water partition coefficient (Wildman–Crippen LogP) is 3.03. The smallest absolute Gasteiger partial charge is 0.273 e. The van der Waals surface area contributed by atoms with Crippen LogP contribution in [0.5, 0.6) is 5.75 Å². The lowest BCUT2D eigenvalue weighted by atomic mass is 10.1. The van der Waals surface area contributed by atoms with E-state index < -0.39 is 0 Å².